The van der Waals surface area contributed by atoms with E-state index in [1.807, 2.05) is 37.3 Å². The van der Waals surface area contributed by atoms with E-state index in [0.717, 1.165) is 12.0 Å². The summed E-state index contributed by atoms with van der Waals surface area (Å²) < 4.78 is 11.2. The predicted octanol–water partition coefficient (Wildman–Crippen LogP) is 2.52. The molecule has 6 heteroatoms. The van der Waals surface area contributed by atoms with E-state index in [9.17, 15) is 9.59 Å². The molecule has 2 aliphatic rings. The second-order valence-corrected chi connectivity index (χ2v) is 6.50. The Morgan fingerprint density at radius 2 is 2.00 bits per heavy atom. The smallest absolute Gasteiger partial charge is 0.282 e. The lowest BCUT2D eigenvalue weighted by molar-refractivity contribution is -0.122. The molecule has 2 amide bonds. The van der Waals surface area contributed by atoms with Crippen LogP contribution in [0.15, 0.2) is 70.5 Å². The van der Waals surface area contributed by atoms with E-state index in [4.69, 9.17) is 9.47 Å². The SMILES string of the molecule is CCCOC1C(OC)=CC=C2C=C(C(=O)NCCc3ccccc3)C(=O)N=C21. The van der Waals surface area contributed by atoms with Gasteiger partial charge in [0.15, 0.2) is 6.10 Å². The molecule has 146 valence electrons. The molecule has 0 bridgehead atoms. The Morgan fingerprint density at radius 1 is 1.21 bits per heavy atom. The fraction of sp³-hybridized carbons (Fsp3) is 0.318. The van der Waals surface area contributed by atoms with Gasteiger partial charge in [0.05, 0.1) is 12.8 Å². The largest absolute Gasteiger partial charge is 0.498 e. The highest BCUT2D eigenvalue weighted by atomic mass is 16.5. The number of ether oxygens (including phenoxy) is 2. The van der Waals surface area contributed by atoms with Crippen LogP contribution in [0, 0.1) is 0 Å². The van der Waals surface area contributed by atoms with E-state index < -0.39 is 17.9 Å². The molecule has 1 N–H and O–H groups in total. The van der Waals surface area contributed by atoms with Crippen LogP contribution in [0.1, 0.15) is 18.9 Å². The minimum absolute atomic E-state index is 0.0339. The minimum Gasteiger partial charge on any atom is -0.498 e. The van der Waals surface area contributed by atoms with Gasteiger partial charge in [-0.25, -0.2) is 4.99 Å². The van der Waals surface area contributed by atoms with Gasteiger partial charge >= 0.3 is 0 Å². The summed E-state index contributed by atoms with van der Waals surface area (Å²) in [5.41, 5.74) is 2.33. The maximum absolute atomic E-state index is 12.5. The zero-order valence-electron chi connectivity index (χ0n) is 16.1. The molecule has 1 atom stereocenters. The average molecular weight is 380 g/mol. The Morgan fingerprint density at radius 3 is 2.71 bits per heavy atom. The summed E-state index contributed by atoms with van der Waals surface area (Å²) in [5.74, 6) is -0.392. The molecule has 1 aromatic carbocycles. The number of carbonyl (C=O) groups is 2. The van der Waals surface area contributed by atoms with Crippen molar-refractivity contribution in [2.75, 3.05) is 20.3 Å². The number of hydrogen-bond donors (Lipinski definition) is 1. The van der Waals surface area contributed by atoms with Crippen molar-refractivity contribution in [2.24, 2.45) is 4.99 Å². The third kappa shape index (κ3) is 4.46. The van der Waals surface area contributed by atoms with Gasteiger partial charge in [-0.15, -0.1) is 0 Å². The molecule has 6 nitrogen and oxygen atoms in total. The zero-order valence-corrected chi connectivity index (χ0v) is 16.1. The van der Waals surface area contributed by atoms with Gasteiger partial charge in [-0.3, -0.25) is 9.59 Å². The number of fused-ring (bicyclic) bond motifs is 1. The molecule has 1 aliphatic carbocycles. The third-order valence-corrected chi connectivity index (χ3v) is 4.49. The number of hydrogen-bond acceptors (Lipinski definition) is 4. The number of aliphatic imine (C=N–C) groups is 1. The Bertz CT molecular complexity index is 866. The molecule has 1 aliphatic heterocycles. The van der Waals surface area contributed by atoms with Gasteiger partial charge in [-0.05, 0) is 36.6 Å². The normalized spacial score (nSPS) is 18.4. The Labute approximate surface area is 164 Å². The first-order valence-corrected chi connectivity index (χ1v) is 9.38. The summed E-state index contributed by atoms with van der Waals surface area (Å²) in [6.07, 6.45) is 6.14. The van der Waals surface area contributed by atoms with Gasteiger partial charge in [0.25, 0.3) is 11.8 Å². The number of benzene rings is 1. The first-order chi connectivity index (χ1) is 13.6. The zero-order chi connectivity index (χ0) is 19.9. The van der Waals surface area contributed by atoms with Crippen molar-refractivity contribution in [3.05, 3.63) is 71.0 Å². The number of carbonyl (C=O) groups excluding carboxylic acids is 2. The number of dihydropyridines is 1. The molecule has 1 unspecified atom stereocenters. The lowest BCUT2D eigenvalue weighted by Crippen LogP contribution is -2.36. The molecule has 28 heavy (non-hydrogen) atoms. The highest BCUT2D eigenvalue weighted by Crippen LogP contribution is 2.26. The van der Waals surface area contributed by atoms with Crippen molar-refractivity contribution in [1.29, 1.82) is 0 Å². The monoisotopic (exact) mass is 380 g/mol. The molecule has 1 heterocycles. The van der Waals surface area contributed by atoms with Crippen molar-refractivity contribution in [3.63, 3.8) is 0 Å². The van der Waals surface area contributed by atoms with Crippen LogP contribution in [0.2, 0.25) is 0 Å². The second-order valence-electron chi connectivity index (χ2n) is 6.50. The fourth-order valence-corrected chi connectivity index (χ4v) is 3.06. The van der Waals surface area contributed by atoms with Crippen molar-refractivity contribution in [3.8, 4) is 0 Å². The third-order valence-electron chi connectivity index (χ3n) is 4.49. The van der Waals surface area contributed by atoms with Gasteiger partial charge < -0.3 is 14.8 Å². The van der Waals surface area contributed by atoms with Crippen LogP contribution in [0.3, 0.4) is 0 Å². The molecular formula is C22H24N2O4. The Balaban J connectivity index is 1.70. The molecule has 0 fully saturated rings. The molecule has 0 spiro atoms. The molecular weight excluding hydrogens is 356 g/mol. The lowest BCUT2D eigenvalue weighted by atomic mass is 9.93. The topological polar surface area (TPSA) is 77.0 Å². The van der Waals surface area contributed by atoms with E-state index in [0.29, 0.717) is 36.6 Å². The van der Waals surface area contributed by atoms with Crippen LogP contribution in [-0.4, -0.2) is 43.9 Å². The first-order valence-electron chi connectivity index (χ1n) is 9.38. The maximum Gasteiger partial charge on any atom is 0.282 e. The standard InChI is InChI=1S/C22H24N2O4/c1-3-13-28-20-18(27-2)10-9-16-14-17(22(26)24-19(16)20)21(25)23-12-11-15-7-5-4-6-8-15/h4-10,14,20H,3,11-13H2,1-2H3,(H,23,25). The maximum atomic E-state index is 12.5. The average Bonchev–Trinajstić information content (AvgIpc) is 2.72. The summed E-state index contributed by atoms with van der Waals surface area (Å²) in [5, 5.41) is 2.80. The number of nitrogens with zero attached hydrogens (tertiary/aromatic N) is 1. The number of nitrogens with one attached hydrogen (secondary N) is 1. The molecule has 1 aromatic rings. The molecule has 3 rings (SSSR count). The summed E-state index contributed by atoms with van der Waals surface area (Å²) >= 11 is 0. The molecule has 0 radical (unpaired) electrons. The molecule has 0 aromatic heterocycles. The predicted molar refractivity (Wildman–Crippen MR) is 107 cm³/mol. The van der Waals surface area contributed by atoms with E-state index in [1.165, 1.54) is 0 Å². The summed E-state index contributed by atoms with van der Waals surface area (Å²) in [7, 11) is 1.56. The van der Waals surface area contributed by atoms with Gasteiger partial charge in [0, 0.05) is 18.7 Å². The van der Waals surface area contributed by atoms with Crippen molar-refractivity contribution in [2.45, 2.75) is 25.9 Å². The Kier molecular flexibility index (Phi) is 6.55. The lowest BCUT2D eigenvalue weighted by Gasteiger charge is -2.27. The van der Waals surface area contributed by atoms with E-state index in [1.54, 1.807) is 25.3 Å². The van der Waals surface area contributed by atoms with E-state index in [2.05, 4.69) is 10.3 Å². The van der Waals surface area contributed by atoms with E-state index in [-0.39, 0.29) is 5.57 Å². The summed E-state index contributed by atoms with van der Waals surface area (Å²) in [6, 6.07) is 9.85. The second kappa shape index (κ2) is 9.28. The van der Waals surface area contributed by atoms with Gasteiger partial charge in [0.2, 0.25) is 0 Å². The quantitative estimate of drug-likeness (QED) is 0.703. The number of rotatable bonds is 8. The Hall–Kier alpha value is -2.99. The number of allylic oxidation sites excluding steroid dienone is 3. The van der Waals surface area contributed by atoms with Crippen LogP contribution >= 0.6 is 0 Å². The highest BCUT2D eigenvalue weighted by Gasteiger charge is 2.33. The van der Waals surface area contributed by atoms with Crippen LogP contribution in [0.25, 0.3) is 0 Å². The summed E-state index contributed by atoms with van der Waals surface area (Å²) in [6.45, 7) is 2.96. The van der Waals surface area contributed by atoms with Crippen LogP contribution in [0.4, 0.5) is 0 Å². The highest BCUT2D eigenvalue weighted by molar-refractivity contribution is 6.27. The van der Waals surface area contributed by atoms with Crippen molar-refractivity contribution < 1.29 is 19.1 Å². The molecule has 0 saturated heterocycles. The van der Waals surface area contributed by atoms with Crippen LogP contribution in [0.5, 0.6) is 0 Å². The first kappa shape index (κ1) is 19.8. The van der Waals surface area contributed by atoms with Crippen molar-refractivity contribution >= 4 is 17.5 Å². The minimum atomic E-state index is -0.563. The number of methoxy groups -OCH3 is 1. The summed E-state index contributed by atoms with van der Waals surface area (Å²) in [4.78, 5) is 29.1. The van der Waals surface area contributed by atoms with Crippen molar-refractivity contribution in [1.82, 2.24) is 5.32 Å². The molecule has 0 saturated carbocycles. The van der Waals surface area contributed by atoms with Crippen LogP contribution in [-0.2, 0) is 25.5 Å². The van der Waals surface area contributed by atoms with Crippen LogP contribution < -0.4 is 5.32 Å². The number of amides is 2. The van der Waals surface area contributed by atoms with E-state index >= 15 is 0 Å². The van der Waals surface area contributed by atoms with Gasteiger partial charge in [0.1, 0.15) is 11.3 Å². The fourth-order valence-electron chi connectivity index (χ4n) is 3.06. The van der Waals surface area contributed by atoms with Gasteiger partial charge in [-0.2, -0.15) is 0 Å². The van der Waals surface area contributed by atoms with Gasteiger partial charge in [-0.1, -0.05) is 37.3 Å².